The van der Waals surface area contributed by atoms with Gasteiger partial charge in [-0.05, 0) is 37.9 Å². The fraction of sp³-hybridized carbons (Fsp3) is 0.750. The predicted molar refractivity (Wildman–Crippen MR) is 81.3 cm³/mol. The summed E-state index contributed by atoms with van der Waals surface area (Å²) in [5.41, 5.74) is 1.40. The van der Waals surface area contributed by atoms with Gasteiger partial charge >= 0.3 is 0 Å². The van der Waals surface area contributed by atoms with E-state index in [-0.39, 0.29) is 0 Å². The van der Waals surface area contributed by atoms with Gasteiger partial charge in [0, 0.05) is 44.6 Å². The van der Waals surface area contributed by atoms with E-state index in [1.807, 2.05) is 0 Å². The van der Waals surface area contributed by atoms with Gasteiger partial charge in [-0.1, -0.05) is 19.8 Å². The van der Waals surface area contributed by atoms with Gasteiger partial charge in [-0.2, -0.15) is 0 Å². The lowest BCUT2D eigenvalue weighted by Crippen LogP contribution is -2.35. The average molecular weight is 263 g/mol. The number of rotatable bonds is 8. The van der Waals surface area contributed by atoms with E-state index in [1.165, 1.54) is 44.2 Å². The summed E-state index contributed by atoms with van der Waals surface area (Å²) in [5.74, 6) is 0. The zero-order valence-corrected chi connectivity index (χ0v) is 12.6. The summed E-state index contributed by atoms with van der Waals surface area (Å²) in [4.78, 5) is 2.53. The highest BCUT2D eigenvalue weighted by atomic mass is 15.1. The highest BCUT2D eigenvalue weighted by Gasteiger charge is 2.18. The van der Waals surface area contributed by atoms with E-state index in [9.17, 15) is 0 Å². The molecule has 0 spiro atoms. The Bertz CT molecular complexity index is 353. The molecule has 0 saturated heterocycles. The van der Waals surface area contributed by atoms with Crippen molar-refractivity contribution in [3.05, 3.63) is 24.0 Å². The van der Waals surface area contributed by atoms with Crippen LogP contribution in [0.15, 0.2) is 18.5 Å². The molecule has 1 aliphatic carbocycles. The Balaban J connectivity index is 1.60. The Morgan fingerprint density at radius 2 is 2.16 bits per heavy atom. The third-order valence-electron chi connectivity index (χ3n) is 4.21. The first-order valence-corrected chi connectivity index (χ1v) is 7.85. The van der Waals surface area contributed by atoms with Crippen LogP contribution in [0.1, 0.15) is 44.6 Å². The summed E-state index contributed by atoms with van der Waals surface area (Å²) >= 11 is 0. The third kappa shape index (κ3) is 4.66. The minimum Gasteiger partial charge on any atom is -0.354 e. The second-order valence-electron chi connectivity index (χ2n) is 5.85. The molecule has 1 fully saturated rings. The Kier molecular flexibility index (Phi) is 5.93. The highest BCUT2D eigenvalue weighted by Crippen LogP contribution is 2.21. The molecule has 0 bridgehead atoms. The number of hydrogen-bond donors (Lipinski definition) is 1. The van der Waals surface area contributed by atoms with E-state index in [0.717, 1.165) is 25.7 Å². The van der Waals surface area contributed by atoms with E-state index < -0.39 is 0 Å². The summed E-state index contributed by atoms with van der Waals surface area (Å²) in [6, 6.07) is 3.07. The van der Waals surface area contributed by atoms with Crippen molar-refractivity contribution in [2.75, 3.05) is 20.1 Å². The SMILES string of the molecule is CCCn1ccc(CNCCN(C)C2CCCC2)c1. The Labute approximate surface area is 118 Å². The van der Waals surface area contributed by atoms with Gasteiger partial charge in [0.1, 0.15) is 0 Å². The summed E-state index contributed by atoms with van der Waals surface area (Å²) in [6.07, 6.45) is 11.3. The third-order valence-corrected chi connectivity index (χ3v) is 4.21. The van der Waals surface area contributed by atoms with E-state index in [4.69, 9.17) is 0 Å². The van der Waals surface area contributed by atoms with Crippen LogP contribution in [-0.4, -0.2) is 35.6 Å². The van der Waals surface area contributed by atoms with E-state index >= 15 is 0 Å². The van der Waals surface area contributed by atoms with Crippen molar-refractivity contribution in [1.29, 1.82) is 0 Å². The molecule has 1 aromatic heterocycles. The molecule has 3 heteroatoms. The lowest BCUT2D eigenvalue weighted by Gasteiger charge is -2.23. The van der Waals surface area contributed by atoms with Crippen LogP contribution in [0.2, 0.25) is 0 Å². The van der Waals surface area contributed by atoms with Crippen LogP contribution >= 0.6 is 0 Å². The number of hydrogen-bond acceptors (Lipinski definition) is 2. The summed E-state index contributed by atoms with van der Waals surface area (Å²) in [5, 5.41) is 3.56. The largest absolute Gasteiger partial charge is 0.354 e. The van der Waals surface area contributed by atoms with Crippen molar-refractivity contribution in [2.24, 2.45) is 0 Å². The highest BCUT2D eigenvalue weighted by molar-refractivity contribution is 5.09. The minimum atomic E-state index is 0.840. The molecule has 0 amide bonds. The van der Waals surface area contributed by atoms with Crippen molar-refractivity contribution in [3.8, 4) is 0 Å². The molecule has 1 aliphatic rings. The normalized spacial score (nSPS) is 16.6. The standard InChI is InChI=1S/C16H29N3/c1-3-10-19-11-8-15(14-19)13-17-9-12-18(2)16-6-4-5-7-16/h8,11,14,16-17H,3-7,9-10,12-13H2,1-2H3. The molecule has 3 nitrogen and oxygen atoms in total. The molecule has 1 aromatic rings. The van der Waals surface area contributed by atoms with Crippen LogP contribution in [0.5, 0.6) is 0 Å². The van der Waals surface area contributed by atoms with Crippen LogP contribution in [0.3, 0.4) is 0 Å². The molecule has 108 valence electrons. The fourth-order valence-electron chi connectivity index (χ4n) is 3.01. The molecular weight excluding hydrogens is 234 g/mol. The lowest BCUT2D eigenvalue weighted by molar-refractivity contribution is 0.245. The molecule has 0 radical (unpaired) electrons. The monoisotopic (exact) mass is 263 g/mol. The van der Waals surface area contributed by atoms with Gasteiger partial charge in [0.15, 0.2) is 0 Å². The molecule has 0 aromatic carbocycles. The van der Waals surface area contributed by atoms with Gasteiger partial charge < -0.3 is 14.8 Å². The van der Waals surface area contributed by atoms with E-state index in [2.05, 4.69) is 47.2 Å². The molecule has 19 heavy (non-hydrogen) atoms. The van der Waals surface area contributed by atoms with E-state index in [0.29, 0.717) is 0 Å². The van der Waals surface area contributed by atoms with Crippen molar-refractivity contribution in [1.82, 2.24) is 14.8 Å². The predicted octanol–water partition coefficient (Wildman–Crippen LogP) is 2.86. The van der Waals surface area contributed by atoms with Crippen LogP contribution < -0.4 is 5.32 Å². The first-order valence-electron chi connectivity index (χ1n) is 7.85. The van der Waals surface area contributed by atoms with Crippen molar-refractivity contribution >= 4 is 0 Å². The summed E-state index contributed by atoms with van der Waals surface area (Å²) in [7, 11) is 2.27. The van der Waals surface area contributed by atoms with Crippen molar-refractivity contribution in [2.45, 2.75) is 58.2 Å². The van der Waals surface area contributed by atoms with E-state index in [1.54, 1.807) is 0 Å². The zero-order chi connectivity index (χ0) is 13.5. The quantitative estimate of drug-likeness (QED) is 0.728. The zero-order valence-electron chi connectivity index (χ0n) is 12.6. The molecular formula is C16H29N3. The molecule has 1 heterocycles. The maximum Gasteiger partial charge on any atom is 0.0221 e. The first kappa shape index (κ1) is 14.6. The topological polar surface area (TPSA) is 20.2 Å². The second-order valence-corrected chi connectivity index (χ2v) is 5.85. The van der Waals surface area contributed by atoms with Crippen LogP contribution in [0.4, 0.5) is 0 Å². The second kappa shape index (κ2) is 7.71. The smallest absolute Gasteiger partial charge is 0.0221 e. The van der Waals surface area contributed by atoms with Gasteiger partial charge in [0.25, 0.3) is 0 Å². The molecule has 0 unspecified atom stereocenters. The Hall–Kier alpha value is -0.800. The fourth-order valence-corrected chi connectivity index (χ4v) is 3.01. The van der Waals surface area contributed by atoms with Crippen LogP contribution in [-0.2, 0) is 13.1 Å². The molecule has 0 atom stereocenters. The van der Waals surface area contributed by atoms with Crippen molar-refractivity contribution < 1.29 is 0 Å². The minimum absolute atomic E-state index is 0.840. The summed E-state index contributed by atoms with van der Waals surface area (Å²) in [6.45, 7) is 6.60. The van der Waals surface area contributed by atoms with Gasteiger partial charge in [-0.3, -0.25) is 0 Å². The van der Waals surface area contributed by atoms with Crippen LogP contribution in [0, 0.1) is 0 Å². The van der Waals surface area contributed by atoms with Gasteiger partial charge in [0.05, 0.1) is 0 Å². The Morgan fingerprint density at radius 3 is 2.89 bits per heavy atom. The molecule has 1 N–H and O–H groups in total. The van der Waals surface area contributed by atoms with Crippen LogP contribution in [0.25, 0.3) is 0 Å². The lowest BCUT2D eigenvalue weighted by atomic mass is 10.2. The Morgan fingerprint density at radius 1 is 1.37 bits per heavy atom. The first-order chi connectivity index (χ1) is 9.29. The molecule has 2 rings (SSSR count). The molecule has 1 saturated carbocycles. The summed E-state index contributed by atoms with van der Waals surface area (Å²) < 4.78 is 2.28. The van der Waals surface area contributed by atoms with Crippen molar-refractivity contribution in [3.63, 3.8) is 0 Å². The number of aromatic nitrogens is 1. The maximum atomic E-state index is 3.56. The number of likely N-dealkylation sites (N-methyl/N-ethyl adjacent to an activating group) is 1. The number of nitrogens with zero attached hydrogens (tertiary/aromatic N) is 2. The molecule has 0 aliphatic heterocycles. The maximum absolute atomic E-state index is 3.56. The van der Waals surface area contributed by atoms with Gasteiger partial charge in [-0.25, -0.2) is 0 Å². The number of nitrogens with one attached hydrogen (secondary N) is 1. The number of aryl methyl sites for hydroxylation is 1. The average Bonchev–Trinajstić information content (AvgIpc) is 3.06. The van der Waals surface area contributed by atoms with Gasteiger partial charge in [-0.15, -0.1) is 0 Å². The van der Waals surface area contributed by atoms with Gasteiger partial charge in [0.2, 0.25) is 0 Å².